The van der Waals surface area contributed by atoms with Crippen molar-refractivity contribution < 1.29 is 24.2 Å². The molecule has 3 aliphatic heterocycles. The SMILES string of the molecule is COC1(CCl)N[C@@]2(OC)C(=O)N3C(C(=O)O)=C(C)C1S[C@H]32. The number of nitrogens with one attached hydrogen (secondary N) is 1. The van der Waals surface area contributed by atoms with Crippen molar-refractivity contribution in [3.8, 4) is 0 Å². The maximum Gasteiger partial charge on any atom is 0.352 e. The molecular weight excluding hydrogens is 320 g/mol. The zero-order valence-electron chi connectivity index (χ0n) is 11.7. The maximum atomic E-state index is 12.5. The Morgan fingerprint density at radius 2 is 2.19 bits per heavy atom. The fourth-order valence-corrected chi connectivity index (χ4v) is 5.43. The summed E-state index contributed by atoms with van der Waals surface area (Å²) in [5.74, 6) is -1.53. The summed E-state index contributed by atoms with van der Waals surface area (Å²) < 4.78 is 10.9. The zero-order valence-corrected chi connectivity index (χ0v) is 13.2. The van der Waals surface area contributed by atoms with Crippen LogP contribution in [0.25, 0.3) is 0 Å². The number of halogens is 1. The third kappa shape index (κ3) is 1.57. The molecule has 0 aliphatic carbocycles. The molecule has 3 rings (SSSR count). The van der Waals surface area contributed by atoms with Gasteiger partial charge in [-0.2, -0.15) is 0 Å². The van der Waals surface area contributed by atoms with Gasteiger partial charge in [0.2, 0.25) is 5.72 Å². The number of ether oxygens (including phenoxy) is 2. The molecule has 4 atom stereocenters. The van der Waals surface area contributed by atoms with Gasteiger partial charge in [0.15, 0.2) is 5.72 Å². The first-order chi connectivity index (χ1) is 9.88. The van der Waals surface area contributed by atoms with E-state index in [2.05, 4.69) is 5.32 Å². The van der Waals surface area contributed by atoms with Gasteiger partial charge in [-0.25, -0.2) is 10.1 Å². The van der Waals surface area contributed by atoms with Crippen LogP contribution < -0.4 is 5.32 Å². The Kier molecular flexibility index (Phi) is 3.31. The van der Waals surface area contributed by atoms with E-state index in [0.29, 0.717) is 5.57 Å². The third-order valence-corrected chi connectivity index (χ3v) is 6.50. The van der Waals surface area contributed by atoms with Crippen molar-refractivity contribution >= 4 is 35.2 Å². The van der Waals surface area contributed by atoms with Crippen molar-refractivity contribution in [2.24, 2.45) is 0 Å². The van der Waals surface area contributed by atoms with E-state index in [1.165, 1.54) is 30.9 Å². The quantitative estimate of drug-likeness (QED) is 0.559. The molecule has 21 heavy (non-hydrogen) atoms. The molecule has 9 heteroatoms. The maximum absolute atomic E-state index is 12.5. The van der Waals surface area contributed by atoms with E-state index in [1.807, 2.05) is 0 Å². The number of hydrogen-bond acceptors (Lipinski definition) is 6. The molecule has 2 saturated heterocycles. The van der Waals surface area contributed by atoms with E-state index in [0.717, 1.165) is 0 Å². The molecule has 2 unspecified atom stereocenters. The predicted octanol–water partition coefficient (Wildman–Crippen LogP) is 0.156. The molecule has 7 nitrogen and oxygen atoms in total. The van der Waals surface area contributed by atoms with Crippen LogP contribution in [0.2, 0.25) is 0 Å². The molecular formula is C12H15ClN2O5S. The highest BCUT2D eigenvalue weighted by Gasteiger charge is 2.73. The van der Waals surface area contributed by atoms with Crippen LogP contribution in [0.1, 0.15) is 6.92 Å². The normalized spacial score (nSPS) is 41.1. The van der Waals surface area contributed by atoms with Gasteiger partial charge >= 0.3 is 5.97 Å². The molecule has 1 amide bonds. The summed E-state index contributed by atoms with van der Waals surface area (Å²) in [4.78, 5) is 25.3. The summed E-state index contributed by atoms with van der Waals surface area (Å²) in [6.45, 7) is 1.69. The Morgan fingerprint density at radius 3 is 2.67 bits per heavy atom. The fourth-order valence-electron chi connectivity index (χ4n) is 3.21. The lowest BCUT2D eigenvalue weighted by atomic mass is 9.89. The van der Waals surface area contributed by atoms with Crippen LogP contribution in [0.15, 0.2) is 11.3 Å². The first-order valence-electron chi connectivity index (χ1n) is 6.27. The summed E-state index contributed by atoms with van der Waals surface area (Å²) in [6.07, 6.45) is 0. The minimum atomic E-state index is -1.30. The second-order valence-corrected chi connectivity index (χ2v) is 6.63. The Balaban J connectivity index is 2.21. The lowest BCUT2D eigenvalue weighted by Crippen LogP contribution is -2.88. The molecule has 0 radical (unpaired) electrons. The molecule has 0 saturated carbocycles. The predicted molar refractivity (Wildman–Crippen MR) is 75.7 cm³/mol. The van der Waals surface area contributed by atoms with Crippen molar-refractivity contribution in [1.29, 1.82) is 0 Å². The van der Waals surface area contributed by atoms with Crippen LogP contribution >= 0.6 is 23.4 Å². The first-order valence-corrected chi connectivity index (χ1v) is 7.75. The number of fused-ring (bicyclic) bond motifs is 1. The van der Waals surface area contributed by atoms with Crippen molar-refractivity contribution in [2.75, 3.05) is 20.1 Å². The molecule has 0 aromatic heterocycles. The smallest absolute Gasteiger partial charge is 0.352 e. The molecule has 2 N–H and O–H groups in total. The number of rotatable bonds is 4. The van der Waals surface area contributed by atoms with Gasteiger partial charge in [-0.05, 0) is 12.5 Å². The number of nitrogens with zero attached hydrogens (tertiary/aromatic N) is 1. The number of thioether (sulfide) groups is 1. The van der Waals surface area contributed by atoms with Crippen molar-refractivity contribution in [3.63, 3.8) is 0 Å². The molecule has 0 aromatic carbocycles. The van der Waals surface area contributed by atoms with Crippen molar-refractivity contribution in [2.45, 2.75) is 29.0 Å². The van der Waals surface area contributed by atoms with Gasteiger partial charge in [-0.3, -0.25) is 9.69 Å². The highest BCUT2D eigenvalue weighted by Crippen LogP contribution is 2.56. The fraction of sp³-hybridized carbons (Fsp3) is 0.667. The molecule has 2 bridgehead atoms. The van der Waals surface area contributed by atoms with E-state index in [1.54, 1.807) is 6.92 Å². The number of β-lactam (4-membered cyclic amide) rings is 1. The van der Waals surface area contributed by atoms with Gasteiger partial charge in [0, 0.05) is 14.2 Å². The zero-order chi connectivity index (χ0) is 15.6. The highest BCUT2D eigenvalue weighted by molar-refractivity contribution is 8.01. The van der Waals surface area contributed by atoms with E-state index in [-0.39, 0.29) is 16.8 Å². The van der Waals surface area contributed by atoms with Crippen LogP contribution in [0.4, 0.5) is 0 Å². The van der Waals surface area contributed by atoms with Gasteiger partial charge in [0.1, 0.15) is 11.1 Å². The second-order valence-electron chi connectivity index (χ2n) is 5.17. The number of amides is 1. The van der Waals surface area contributed by atoms with Gasteiger partial charge in [0.05, 0.1) is 11.1 Å². The second kappa shape index (κ2) is 4.60. The molecule has 0 aromatic rings. The number of carbonyl (C=O) groups is 2. The Hall–Kier alpha value is -0.800. The number of methoxy groups -OCH3 is 2. The number of carbonyl (C=O) groups excluding carboxylic acids is 1. The largest absolute Gasteiger partial charge is 0.477 e. The van der Waals surface area contributed by atoms with E-state index < -0.39 is 28.7 Å². The van der Waals surface area contributed by atoms with Crippen LogP contribution in [-0.4, -0.2) is 64.1 Å². The van der Waals surface area contributed by atoms with Crippen molar-refractivity contribution in [1.82, 2.24) is 10.2 Å². The Morgan fingerprint density at radius 1 is 1.52 bits per heavy atom. The Bertz CT molecular complexity index is 564. The molecule has 3 aliphatic rings. The number of alkyl halides is 1. The third-order valence-electron chi connectivity index (χ3n) is 4.30. The molecule has 3 heterocycles. The summed E-state index contributed by atoms with van der Waals surface area (Å²) in [5.41, 5.74) is -1.81. The first kappa shape index (κ1) is 15.1. The van der Waals surface area contributed by atoms with E-state index in [9.17, 15) is 14.7 Å². The summed E-state index contributed by atoms with van der Waals surface area (Å²) in [5, 5.41) is 11.8. The van der Waals surface area contributed by atoms with Crippen LogP contribution in [0, 0.1) is 0 Å². The summed E-state index contributed by atoms with van der Waals surface area (Å²) >= 11 is 7.50. The van der Waals surface area contributed by atoms with Gasteiger partial charge in [-0.15, -0.1) is 23.4 Å². The van der Waals surface area contributed by atoms with Gasteiger partial charge < -0.3 is 14.6 Å². The molecule has 0 spiro atoms. The average Bonchev–Trinajstić information content (AvgIpc) is 2.49. The van der Waals surface area contributed by atoms with Crippen LogP contribution in [-0.2, 0) is 19.1 Å². The minimum absolute atomic E-state index is 0.00512. The lowest BCUT2D eigenvalue weighted by molar-refractivity contribution is -0.214. The van der Waals surface area contributed by atoms with Gasteiger partial charge in [0.25, 0.3) is 5.91 Å². The lowest BCUT2D eigenvalue weighted by Gasteiger charge is -2.65. The number of hydrogen-bond donors (Lipinski definition) is 2. The molecule has 2 fully saturated rings. The van der Waals surface area contributed by atoms with Crippen molar-refractivity contribution in [3.05, 3.63) is 11.3 Å². The van der Waals surface area contributed by atoms with Crippen LogP contribution in [0.5, 0.6) is 0 Å². The van der Waals surface area contributed by atoms with Gasteiger partial charge in [-0.1, -0.05) is 0 Å². The average molecular weight is 335 g/mol. The summed E-state index contributed by atoms with van der Waals surface area (Å²) in [6, 6.07) is 0. The monoisotopic (exact) mass is 334 g/mol. The van der Waals surface area contributed by atoms with E-state index >= 15 is 0 Å². The Labute approximate surface area is 130 Å². The van der Waals surface area contributed by atoms with E-state index in [4.69, 9.17) is 21.1 Å². The minimum Gasteiger partial charge on any atom is -0.477 e. The number of aliphatic carboxylic acids is 1. The number of carboxylic acids is 1. The standard InChI is InChI=1S/C12H15ClN2O5S/c1-5-6(8(16)17)15-9(18)12(20-3)10(15)21-7(5)11(4-13,14-12)19-2/h7,10,14H,4H2,1-3H3,(H,16,17)/t7?,10-,11?,12+/m0/s1. The summed E-state index contributed by atoms with van der Waals surface area (Å²) in [7, 11) is 2.88. The van der Waals surface area contributed by atoms with Crippen LogP contribution in [0.3, 0.4) is 0 Å². The molecule has 116 valence electrons. The topological polar surface area (TPSA) is 88.1 Å². The number of carboxylic acid groups (broad SMARTS) is 1. The highest BCUT2D eigenvalue weighted by atomic mass is 35.5.